The third-order valence-electron chi connectivity index (χ3n) is 6.57. The zero-order valence-electron chi connectivity index (χ0n) is 22.1. The van der Waals surface area contributed by atoms with Crippen molar-refractivity contribution >= 4 is 34.6 Å². The van der Waals surface area contributed by atoms with Gasteiger partial charge in [0.1, 0.15) is 11.5 Å². The summed E-state index contributed by atoms with van der Waals surface area (Å²) in [5, 5.41) is 26.9. The van der Waals surface area contributed by atoms with Gasteiger partial charge in [0.25, 0.3) is 0 Å². The Morgan fingerprint density at radius 1 is 1.16 bits per heavy atom. The molecule has 0 saturated heterocycles. The normalized spacial score (nSPS) is 14.6. The molecule has 0 atom stereocenters. The van der Waals surface area contributed by atoms with E-state index in [-0.39, 0.29) is 48.4 Å². The van der Waals surface area contributed by atoms with Crippen LogP contribution >= 0.6 is 17.0 Å². The van der Waals surface area contributed by atoms with E-state index in [9.17, 15) is 14.7 Å². The highest BCUT2D eigenvalue weighted by Crippen LogP contribution is 2.41. The fourth-order valence-corrected chi connectivity index (χ4v) is 4.38. The second-order valence-corrected chi connectivity index (χ2v) is 10.7. The lowest BCUT2D eigenvalue weighted by Gasteiger charge is -2.26. The number of nitrogens with zero attached hydrogens (tertiary/aromatic N) is 2. The fourth-order valence-electron chi connectivity index (χ4n) is 4.38. The predicted molar refractivity (Wildman–Crippen MR) is 148 cm³/mol. The Morgan fingerprint density at radius 2 is 1.89 bits per heavy atom. The number of fused-ring (bicyclic) bond motifs is 1. The number of carboxylic acid groups (broad SMARTS) is 1. The number of aliphatic carboxylic acids is 1. The molecule has 0 amide bonds. The summed E-state index contributed by atoms with van der Waals surface area (Å²) in [5.74, 6) is 0.0392. The Bertz CT molecular complexity index is 1210. The standard InChI is InChI=1S/C28H35N3O6.BrH/c1-28(2,3)20-12-19(13-23(36-11-5-4-10-32)26(20)37-16-24(34)35)22(33)15-31-14-18-8-9-21(17-6-7-17)30-25(18)27(31)29;/h8-9,12-13,17,29,32H,4-7,10-11,14-16H2,1-3H3,(H,34,35);1H. The number of Topliss-reactive ketones (excluding diaryl/α,β-unsaturated/α-hetero) is 1. The van der Waals surface area contributed by atoms with Crippen molar-refractivity contribution in [1.82, 2.24) is 9.88 Å². The molecule has 0 unspecified atom stereocenters. The molecule has 10 heteroatoms. The van der Waals surface area contributed by atoms with Gasteiger partial charge in [0.05, 0.1) is 13.2 Å². The van der Waals surface area contributed by atoms with Crippen LogP contribution in [0, 0.1) is 5.41 Å². The number of halogens is 1. The van der Waals surface area contributed by atoms with E-state index in [1.807, 2.05) is 32.9 Å². The minimum absolute atomic E-state index is 0. The highest BCUT2D eigenvalue weighted by atomic mass is 79.9. The molecular weight excluding hydrogens is 554 g/mol. The van der Waals surface area contributed by atoms with Gasteiger partial charge in [-0.05, 0) is 49.3 Å². The molecule has 38 heavy (non-hydrogen) atoms. The summed E-state index contributed by atoms with van der Waals surface area (Å²) in [5.41, 5.74) is 3.22. The first-order chi connectivity index (χ1) is 17.6. The monoisotopic (exact) mass is 589 g/mol. The van der Waals surface area contributed by atoms with E-state index in [1.165, 1.54) is 0 Å². The molecule has 2 heterocycles. The van der Waals surface area contributed by atoms with Crippen molar-refractivity contribution in [1.29, 1.82) is 5.41 Å². The average molecular weight is 591 g/mol. The molecule has 0 spiro atoms. The first kappa shape index (κ1) is 29.6. The molecule has 1 fully saturated rings. The number of nitrogens with one attached hydrogen (secondary N) is 1. The Morgan fingerprint density at radius 3 is 2.53 bits per heavy atom. The van der Waals surface area contributed by atoms with Crippen molar-refractivity contribution in [3.05, 3.63) is 52.3 Å². The van der Waals surface area contributed by atoms with Crippen LogP contribution in [-0.2, 0) is 16.8 Å². The molecule has 1 saturated carbocycles. The van der Waals surface area contributed by atoms with Crippen molar-refractivity contribution in [2.45, 2.75) is 64.3 Å². The number of amidine groups is 1. The van der Waals surface area contributed by atoms with Crippen molar-refractivity contribution in [3.63, 3.8) is 0 Å². The summed E-state index contributed by atoms with van der Waals surface area (Å²) in [7, 11) is 0. The number of unbranched alkanes of at least 4 members (excludes halogenated alkanes) is 1. The van der Waals surface area contributed by atoms with Crippen LogP contribution in [0.15, 0.2) is 24.3 Å². The number of carbonyl (C=O) groups is 2. The average Bonchev–Trinajstić information content (AvgIpc) is 3.65. The number of hydrogen-bond acceptors (Lipinski definition) is 7. The molecule has 1 aromatic heterocycles. The van der Waals surface area contributed by atoms with Gasteiger partial charge >= 0.3 is 5.97 Å². The SMILES string of the molecule is Br.CC(C)(C)c1cc(C(=O)CN2Cc3ccc(C4CC4)nc3C2=N)cc(OCCCCO)c1OCC(=O)O. The highest BCUT2D eigenvalue weighted by molar-refractivity contribution is 8.93. The van der Waals surface area contributed by atoms with E-state index in [1.54, 1.807) is 17.0 Å². The first-order valence-corrected chi connectivity index (χ1v) is 12.7. The molecule has 9 nitrogen and oxygen atoms in total. The van der Waals surface area contributed by atoms with Crippen LogP contribution in [0.25, 0.3) is 0 Å². The Labute approximate surface area is 233 Å². The van der Waals surface area contributed by atoms with Crippen LogP contribution in [0.5, 0.6) is 11.5 Å². The molecule has 1 aliphatic heterocycles. The van der Waals surface area contributed by atoms with E-state index in [2.05, 4.69) is 0 Å². The van der Waals surface area contributed by atoms with Crippen LogP contribution < -0.4 is 9.47 Å². The third-order valence-corrected chi connectivity index (χ3v) is 6.57. The summed E-state index contributed by atoms with van der Waals surface area (Å²) >= 11 is 0. The van der Waals surface area contributed by atoms with Gasteiger partial charge < -0.3 is 24.6 Å². The number of pyridine rings is 1. The van der Waals surface area contributed by atoms with Crippen LogP contribution in [0.3, 0.4) is 0 Å². The quantitative estimate of drug-likeness (QED) is 0.244. The predicted octanol–water partition coefficient (Wildman–Crippen LogP) is 4.47. The molecule has 0 radical (unpaired) electrons. The Hall–Kier alpha value is -2.98. The van der Waals surface area contributed by atoms with Crippen LogP contribution in [0.2, 0.25) is 0 Å². The van der Waals surface area contributed by atoms with Crippen LogP contribution in [0.4, 0.5) is 0 Å². The van der Waals surface area contributed by atoms with Gasteiger partial charge in [-0.15, -0.1) is 17.0 Å². The molecule has 1 aliphatic carbocycles. The number of aliphatic hydroxyl groups excluding tert-OH is 1. The number of carboxylic acids is 1. The van der Waals surface area contributed by atoms with Crippen LogP contribution in [0.1, 0.15) is 85.2 Å². The molecule has 206 valence electrons. The fraction of sp³-hybridized carbons (Fsp3) is 0.500. The van der Waals surface area contributed by atoms with Gasteiger partial charge in [-0.1, -0.05) is 26.8 Å². The zero-order valence-corrected chi connectivity index (χ0v) is 23.8. The smallest absolute Gasteiger partial charge is 0.341 e. The van der Waals surface area contributed by atoms with Crippen molar-refractivity contribution in [2.75, 3.05) is 26.4 Å². The van der Waals surface area contributed by atoms with E-state index < -0.39 is 18.0 Å². The molecule has 1 aromatic carbocycles. The number of benzene rings is 1. The molecule has 2 aliphatic rings. The summed E-state index contributed by atoms with van der Waals surface area (Å²) < 4.78 is 11.6. The number of rotatable bonds is 12. The topological polar surface area (TPSA) is 133 Å². The first-order valence-electron chi connectivity index (χ1n) is 12.7. The summed E-state index contributed by atoms with van der Waals surface area (Å²) in [6, 6.07) is 7.36. The lowest BCUT2D eigenvalue weighted by Crippen LogP contribution is -2.30. The maximum Gasteiger partial charge on any atom is 0.341 e. The largest absolute Gasteiger partial charge is 0.490 e. The number of ether oxygens (including phenoxy) is 2. The van der Waals surface area contributed by atoms with E-state index >= 15 is 0 Å². The maximum absolute atomic E-state index is 13.5. The Balaban J connectivity index is 0.00000400. The van der Waals surface area contributed by atoms with E-state index in [4.69, 9.17) is 25.0 Å². The van der Waals surface area contributed by atoms with Crippen molar-refractivity contribution < 1.29 is 29.3 Å². The second kappa shape index (κ2) is 12.3. The molecular formula is C28H36BrN3O6. The maximum atomic E-state index is 13.5. The molecule has 4 rings (SSSR count). The lowest BCUT2D eigenvalue weighted by atomic mass is 9.84. The van der Waals surface area contributed by atoms with Crippen molar-refractivity contribution in [3.8, 4) is 11.5 Å². The second-order valence-electron chi connectivity index (χ2n) is 10.7. The minimum atomic E-state index is -1.11. The number of hydrogen-bond donors (Lipinski definition) is 3. The number of carbonyl (C=O) groups excluding carboxylic acids is 1. The zero-order chi connectivity index (χ0) is 26.7. The van der Waals surface area contributed by atoms with Gasteiger partial charge in [0.15, 0.2) is 23.9 Å². The summed E-state index contributed by atoms with van der Waals surface area (Å²) in [6.45, 7) is 6.11. The molecule has 2 aromatic rings. The summed E-state index contributed by atoms with van der Waals surface area (Å²) in [6.07, 6.45) is 3.42. The number of aromatic nitrogens is 1. The highest BCUT2D eigenvalue weighted by Gasteiger charge is 2.32. The van der Waals surface area contributed by atoms with Crippen molar-refractivity contribution in [2.24, 2.45) is 0 Å². The van der Waals surface area contributed by atoms with Gasteiger partial charge in [0.2, 0.25) is 0 Å². The van der Waals surface area contributed by atoms with Gasteiger partial charge in [-0.25, -0.2) is 9.78 Å². The van der Waals surface area contributed by atoms with E-state index in [0.29, 0.717) is 53.6 Å². The Kier molecular flexibility index (Phi) is 9.54. The van der Waals surface area contributed by atoms with Crippen LogP contribution in [-0.4, -0.2) is 64.1 Å². The van der Waals surface area contributed by atoms with Gasteiger partial charge in [0, 0.05) is 41.5 Å². The minimum Gasteiger partial charge on any atom is -0.490 e. The van der Waals surface area contributed by atoms with Gasteiger partial charge in [-0.2, -0.15) is 0 Å². The molecule has 3 N–H and O–H groups in total. The number of ketones is 1. The van der Waals surface area contributed by atoms with E-state index in [0.717, 1.165) is 24.1 Å². The number of aliphatic hydroxyl groups is 1. The van der Waals surface area contributed by atoms with Gasteiger partial charge in [-0.3, -0.25) is 10.2 Å². The molecule has 0 bridgehead atoms. The lowest BCUT2D eigenvalue weighted by molar-refractivity contribution is -0.139. The third kappa shape index (κ3) is 6.91. The summed E-state index contributed by atoms with van der Waals surface area (Å²) in [4.78, 5) is 31.1.